The van der Waals surface area contributed by atoms with Gasteiger partial charge in [-0.25, -0.2) is 0 Å². The fourth-order valence-electron chi connectivity index (χ4n) is 4.32. The van der Waals surface area contributed by atoms with E-state index in [1.807, 2.05) is 13.0 Å². The third-order valence-electron chi connectivity index (χ3n) is 5.32. The maximum absolute atomic E-state index is 6.29. The van der Waals surface area contributed by atoms with E-state index in [9.17, 15) is 0 Å². The van der Waals surface area contributed by atoms with Gasteiger partial charge >= 0.3 is 0 Å². The molecule has 1 aromatic rings. The SMILES string of the molecule is Cc1ccc(C(C(C)N)N2CCC3C(CCCN3C)C2)o1. The lowest BCUT2D eigenvalue weighted by molar-refractivity contribution is 0.0107. The van der Waals surface area contributed by atoms with Crippen LogP contribution in [0.5, 0.6) is 0 Å². The summed E-state index contributed by atoms with van der Waals surface area (Å²) in [6.07, 6.45) is 3.94. The molecule has 2 aliphatic heterocycles. The predicted octanol–water partition coefficient (Wildman–Crippen LogP) is 2.39. The highest BCUT2D eigenvalue weighted by atomic mass is 16.3. The number of nitrogens with zero attached hydrogens (tertiary/aromatic N) is 2. The number of fused-ring (bicyclic) bond motifs is 1. The average molecular weight is 291 g/mol. The van der Waals surface area contributed by atoms with Crippen LogP contribution in [-0.4, -0.2) is 48.6 Å². The molecule has 2 N–H and O–H groups in total. The molecule has 4 heteroatoms. The van der Waals surface area contributed by atoms with Crippen LogP contribution in [0, 0.1) is 12.8 Å². The first-order valence-electron chi connectivity index (χ1n) is 8.32. The van der Waals surface area contributed by atoms with Crippen LogP contribution >= 0.6 is 0 Å². The second-order valence-electron chi connectivity index (χ2n) is 6.99. The van der Waals surface area contributed by atoms with Crippen molar-refractivity contribution in [3.8, 4) is 0 Å². The van der Waals surface area contributed by atoms with E-state index in [4.69, 9.17) is 10.2 Å². The second-order valence-corrected chi connectivity index (χ2v) is 6.99. The number of hydrogen-bond donors (Lipinski definition) is 1. The molecule has 2 saturated heterocycles. The molecule has 2 aliphatic rings. The molecule has 0 aliphatic carbocycles. The molecule has 118 valence electrons. The summed E-state index contributed by atoms with van der Waals surface area (Å²) >= 11 is 0. The Labute approximate surface area is 128 Å². The zero-order valence-electron chi connectivity index (χ0n) is 13.6. The van der Waals surface area contributed by atoms with Gasteiger partial charge in [-0.15, -0.1) is 0 Å². The molecule has 0 saturated carbocycles. The zero-order valence-corrected chi connectivity index (χ0v) is 13.6. The molecule has 0 aromatic carbocycles. The summed E-state index contributed by atoms with van der Waals surface area (Å²) in [6.45, 7) is 7.64. The van der Waals surface area contributed by atoms with Gasteiger partial charge in [0.2, 0.25) is 0 Å². The van der Waals surface area contributed by atoms with Crippen LogP contribution in [0.25, 0.3) is 0 Å². The molecule has 4 nitrogen and oxygen atoms in total. The van der Waals surface area contributed by atoms with Gasteiger partial charge in [0.1, 0.15) is 11.5 Å². The van der Waals surface area contributed by atoms with E-state index >= 15 is 0 Å². The fraction of sp³-hybridized carbons (Fsp3) is 0.765. The van der Waals surface area contributed by atoms with Crippen LogP contribution in [-0.2, 0) is 0 Å². The van der Waals surface area contributed by atoms with Crippen molar-refractivity contribution in [3.63, 3.8) is 0 Å². The molecule has 1 aromatic heterocycles. The summed E-state index contributed by atoms with van der Waals surface area (Å²) in [4.78, 5) is 5.12. The van der Waals surface area contributed by atoms with E-state index in [1.165, 1.54) is 25.8 Å². The molecule has 4 atom stereocenters. The van der Waals surface area contributed by atoms with Crippen molar-refractivity contribution in [3.05, 3.63) is 23.7 Å². The number of likely N-dealkylation sites (tertiary alicyclic amines) is 2. The Kier molecular flexibility index (Phi) is 4.38. The first-order valence-corrected chi connectivity index (χ1v) is 8.32. The maximum Gasteiger partial charge on any atom is 0.122 e. The summed E-state index contributed by atoms with van der Waals surface area (Å²) in [5, 5.41) is 0. The van der Waals surface area contributed by atoms with Gasteiger partial charge in [-0.2, -0.15) is 0 Å². The Hall–Kier alpha value is -0.840. The number of nitrogens with two attached hydrogens (primary N) is 1. The van der Waals surface area contributed by atoms with Crippen LogP contribution < -0.4 is 5.73 Å². The van der Waals surface area contributed by atoms with Crippen molar-refractivity contribution in [1.82, 2.24) is 9.80 Å². The largest absolute Gasteiger partial charge is 0.465 e. The van der Waals surface area contributed by atoms with Crippen molar-refractivity contribution in [2.45, 2.75) is 51.2 Å². The third kappa shape index (κ3) is 3.03. The summed E-state index contributed by atoms with van der Waals surface area (Å²) in [5.41, 5.74) is 6.29. The number of rotatable bonds is 3. The minimum absolute atomic E-state index is 0.0911. The van der Waals surface area contributed by atoms with Crippen LogP contribution in [0.3, 0.4) is 0 Å². The van der Waals surface area contributed by atoms with Crippen molar-refractivity contribution >= 4 is 0 Å². The van der Waals surface area contributed by atoms with E-state index < -0.39 is 0 Å². The smallest absolute Gasteiger partial charge is 0.122 e. The van der Waals surface area contributed by atoms with E-state index in [0.29, 0.717) is 0 Å². The topological polar surface area (TPSA) is 45.6 Å². The van der Waals surface area contributed by atoms with Crippen LogP contribution in [0.2, 0.25) is 0 Å². The fourth-order valence-corrected chi connectivity index (χ4v) is 4.32. The highest BCUT2D eigenvalue weighted by Gasteiger charge is 2.38. The molecule has 2 fully saturated rings. The van der Waals surface area contributed by atoms with Gasteiger partial charge in [0.05, 0.1) is 6.04 Å². The molecule has 21 heavy (non-hydrogen) atoms. The molecular weight excluding hydrogens is 262 g/mol. The van der Waals surface area contributed by atoms with Gasteiger partial charge in [0.15, 0.2) is 0 Å². The lowest BCUT2D eigenvalue weighted by atomic mass is 9.83. The molecular formula is C17H29N3O. The molecule has 3 heterocycles. The second kappa shape index (κ2) is 6.11. The Morgan fingerprint density at radius 1 is 1.29 bits per heavy atom. The highest BCUT2D eigenvalue weighted by molar-refractivity contribution is 5.12. The molecule has 0 radical (unpaired) electrons. The van der Waals surface area contributed by atoms with Gasteiger partial charge < -0.3 is 15.1 Å². The zero-order chi connectivity index (χ0) is 15.0. The van der Waals surface area contributed by atoms with Gasteiger partial charge in [0.25, 0.3) is 0 Å². The van der Waals surface area contributed by atoms with Crippen molar-refractivity contribution in [1.29, 1.82) is 0 Å². The summed E-state index contributed by atoms with van der Waals surface area (Å²) < 4.78 is 5.89. The quantitative estimate of drug-likeness (QED) is 0.929. The first kappa shape index (κ1) is 15.1. The number of furan rings is 1. The standard InChI is InChI=1S/C17H29N3O/c1-12-6-7-16(21-12)17(13(2)18)20-10-8-15-14(11-20)5-4-9-19(15)3/h6-7,13-15,17H,4-5,8-11,18H2,1-3H3. The molecule has 0 spiro atoms. The van der Waals surface area contributed by atoms with Crippen molar-refractivity contribution < 1.29 is 4.42 Å². The van der Waals surface area contributed by atoms with Crippen molar-refractivity contribution in [2.75, 3.05) is 26.7 Å². The third-order valence-corrected chi connectivity index (χ3v) is 5.32. The molecule has 3 rings (SSSR count). The van der Waals surface area contributed by atoms with E-state index in [2.05, 4.69) is 29.8 Å². The minimum Gasteiger partial charge on any atom is -0.465 e. The van der Waals surface area contributed by atoms with E-state index in [1.54, 1.807) is 0 Å². The Morgan fingerprint density at radius 3 is 2.76 bits per heavy atom. The Morgan fingerprint density at radius 2 is 2.10 bits per heavy atom. The van der Waals surface area contributed by atoms with Crippen LogP contribution in [0.1, 0.15) is 43.7 Å². The van der Waals surface area contributed by atoms with Gasteiger partial charge in [-0.05, 0) is 64.8 Å². The Bertz CT molecular complexity index is 470. The number of aryl methyl sites for hydroxylation is 1. The normalized spacial score (nSPS) is 30.9. The van der Waals surface area contributed by atoms with Gasteiger partial charge in [-0.3, -0.25) is 4.90 Å². The maximum atomic E-state index is 6.29. The lowest BCUT2D eigenvalue weighted by Gasteiger charge is -2.48. The molecule has 0 bridgehead atoms. The summed E-state index contributed by atoms with van der Waals surface area (Å²) in [6, 6.07) is 5.22. The monoisotopic (exact) mass is 291 g/mol. The number of hydrogen-bond acceptors (Lipinski definition) is 4. The minimum atomic E-state index is 0.0911. The van der Waals surface area contributed by atoms with Crippen molar-refractivity contribution in [2.24, 2.45) is 11.7 Å². The molecule has 0 amide bonds. The number of piperidine rings is 2. The predicted molar refractivity (Wildman–Crippen MR) is 85.2 cm³/mol. The van der Waals surface area contributed by atoms with Gasteiger partial charge in [-0.1, -0.05) is 0 Å². The molecule has 4 unspecified atom stereocenters. The summed E-state index contributed by atoms with van der Waals surface area (Å²) in [7, 11) is 2.28. The van der Waals surface area contributed by atoms with E-state index in [-0.39, 0.29) is 12.1 Å². The first-order chi connectivity index (χ1) is 10.1. The lowest BCUT2D eigenvalue weighted by Crippen LogP contribution is -2.54. The highest BCUT2D eigenvalue weighted by Crippen LogP contribution is 2.35. The van der Waals surface area contributed by atoms with Gasteiger partial charge in [0, 0.05) is 25.2 Å². The Balaban J connectivity index is 1.75. The summed E-state index contributed by atoms with van der Waals surface area (Å²) in [5.74, 6) is 2.79. The van der Waals surface area contributed by atoms with Crippen LogP contribution in [0.15, 0.2) is 16.5 Å². The van der Waals surface area contributed by atoms with Crippen LogP contribution in [0.4, 0.5) is 0 Å². The average Bonchev–Trinajstić information content (AvgIpc) is 2.85. The van der Waals surface area contributed by atoms with E-state index in [0.717, 1.165) is 36.6 Å².